The fraction of sp³-hybridized carbons (Fsp3) is 0.600. The summed E-state index contributed by atoms with van der Waals surface area (Å²) >= 11 is 0. The number of fused-ring (bicyclic) bond motifs is 1. The second-order valence-electron chi connectivity index (χ2n) is 7.54. The third-order valence-electron chi connectivity index (χ3n) is 5.60. The second kappa shape index (κ2) is 6.96. The summed E-state index contributed by atoms with van der Waals surface area (Å²) in [6.07, 6.45) is 9.03. The summed E-state index contributed by atoms with van der Waals surface area (Å²) in [6, 6.07) is 8.97. The van der Waals surface area contributed by atoms with E-state index in [1.54, 1.807) is 0 Å². The molecule has 1 aliphatic heterocycles. The van der Waals surface area contributed by atoms with Crippen LogP contribution in [0.15, 0.2) is 24.3 Å². The summed E-state index contributed by atoms with van der Waals surface area (Å²) in [5, 5.41) is 4.88. The highest BCUT2D eigenvalue weighted by Crippen LogP contribution is 2.28. The van der Waals surface area contributed by atoms with Crippen LogP contribution in [0.1, 0.15) is 51.9 Å². The zero-order chi connectivity index (χ0) is 16.4. The van der Waals surface area contributed by atoms with Crippen LogP contribution in [-0.2, 0) is 0 Å². The summed E-state index contributed by atoms with van der Waals surface area (Å²) < 4.78 is 0. The second-order valence-corrected chi connectivity index (χ2v) is 7.54. The quantitative estimate of drug-likeness (QED) is 0.895. The molecule has 0 spiro atoms. The van der Waals surface area contributed by atoms with Crippen molar-refractivity contribution in [3.8, 4) is 0 Å². The maximum absolute atomic E-state index is 4.95. The number of piperidine rings is 1. The Morgan fingerprint density at radius 2 is 1.71 bits per heavy atom. The molecule has 1 N–H and O–H groups in total. The number of benzene rings is 1. The molecule has 4 rings (SSSR count). The Kier molecular flexibility index (Phi) is 4.54. The molecule has 1 saturated heterocycles. The van der Waals surface area contributed by atoms with Crippen molar-refractivity contribution in [3.05, 3.63) is 24.3 Å². The minimum absolute atomic E-state index is 0.561. The zero-order valence-corrected chi connectivity index (χ0v) is 14.7. The lowest BCUT2D eigenvalue weighted by atomic mass is 9.95. The Morgan fingerprint density at radius 1 is 0.958 bits per heavy atom. The van der Waals surface area contributed by atoms with Gasteiger partial charge in [0.1, 0.15) is 5.82 Å². The molecule has 128 valence electrons. The first-order chi connectivity index (χ1) is 11.8. The predicted molar refractivity (Wildman–Crippen MR) is 101 cm³/mol. The van der Waals surface area contributed by atoms with E-state index in [0.717, 1.165) is 41.7 Å². The minimum Gasteiger partial charge on any atom is -0.367 e. The van der Waals surface area contributed by atoms with Gasteiger partial charge in [-0.1, -0.05) is 38.3 Å². The van der Waals surface area contributed by atoms with Crippen LogP contribution in [-0.4, -0.2) is 29.1 Å². The van der Waals surface area contributed by atoms with Gasteiger partial charge in [-0.2, -0.15) is 4.98 Å². The summed E-state index contributed by atoms with van der Waals surface area (Å²) in [5.74, 6) is 2.75. The van der Waals surface area contributed by atoms with Gasteiger partial charge in [0.2, 0.25) is 5.95 Å². The average Bonchev–Trinajstić information content (AvgIpc) is 2.63. The molecule has 1 saturated carbocycles. The smallest absolute Gasteiger partial charge is 0.227 e. The number of hydrogen-bond donors (Lipinski definition) is 1. The van der Waals surface area contributed by atoms with E-state index in [4.69, 9.17) is 9.97 Å². The van der Waals surface area contributed by atoms with E-state index < -0.39 is 0 Å². The van der Waals surface area contributed by atoms with Crippen molar-refractivity contribution in [1.82, 2.24) is 9.97 Å². The molecule has 4 nitrogen and oxygen atoms in total. The van der Waals surface area contributed by atoms with Crippen molar-refractivity contribution in [1.29, 1.82) is 0 Å². The molecule has 0 unspecified atom stereocenters. The van der Waals surface area contributed by atoms with Crippen molar-refractivity contribution in [3.63, 3.8) is 0 Å². The summed E-state index contributed by atoms with van der Waals surface area (Å²) in [6.45, 7) is 4.49. The Bertz CT molecular complexity index is 685. The van der Waals surface area contributed by atoms with E-state index in [-0.39, 0.29) is 0 Å². The van der Waals surface area contributed by atoms with Crippen molar-refractivity contribution in [2.24, 2.45) is 5.92 Å². The molecule has 0 atom stereocenters. The van der Waals surface area contributed by atoms with Crippen molar-refractivity contribution < 1.29 is 0 Å². The molecule has 4 heteroatoms. The van der Waals surface area contributed by atoms with E-state index in [1.807, 2.05) is 0 Å². The first-order valence-electron chi connectivity index (χ1n) is 9.58. The van der Waals surface area contributed by atoms with Crippen LogP contribution in [0.4, 0.5) is 11.8 Å². The first-order valence-corrected chi connectivity index (χ1v) is 9.58. The molecule has 0 amide bonds. The molecule has 1 aromatic heterocycles. The lowest BCUT2D eigenvalue weighted by Crippen LogP contribution is -2.34. The van der Waals surface area contributed by atoms with E-state index in [0.29, 0.717) is 6.04 Å². The van der Waals surface area contributed by atoms with Crippen LogP contribution < -0.4 is 10.2 Å². The standard InChI is InChI=1S/C20H28N4/c1-15-11-13-24(14-12-15)20-22-18-10-6-5-9-17(18)19(23-20)21-16-7-3-2-4-8-16/h5-6,9-10,15-16H,2-4,7-8,11-14H2,1H3,(H,21,22,23). The van der Waals surface area contributed by atoms with Crippen molar-refractivity contribution in [2.45, 2.75) is 57.9 Å². The monoisotopic (exact) mass is 324 g/mol. The van der Waals surface area contributed by atoms with Gasteiger partial charge in [-0.05, 0) is 43.7 Å². The molecule has 24 heavy (non-hydrogen) atoms. The fourth-order valence-electron chi connectivity index (χ4n) is 3.96. The molecular weight excluding hydrogens is 296 g/mol. The van der Waals surface area contributed by atoms with E-state index >= 15 is 0 Å². The van der Waals surface area contributed by atoms with E-state index in [1.165, 1.54) is 44.9 Å². The van der Waals surface area contributed by atoms with Gasteiger partial charge in [0.05, 0.1) is 5.52 Å². The van der Waals surface area contributed by atoms with Gasteiger partial charge >= 0.3 is 0 Å². The number of rotatable bonds is 3. The molecule has 1 aliphatic carbocycles. The molecular formula is C20H28N4. The Hall–Kier alpha value is -1.84. The first kappa shape index (κ1) is 15.7. The fourth-order valence-corrected chi connectivity index (χ4v) is 3.96. The molecule has 0 bridgehead atoms. The molecule has 2 heterocycles. The molecule has 1 aromatic carbocycles. The average molecular weight is 324 g/mol. The van der Waals surface area contributed by atoms with Gasteiger partial charge in [-0.3, -0.25) is 0 Å². The maximum atomic E-state index is 4.95. The molecule has 0 radical (unpaired) electrons. The van der Waals surface area contributed by atoms with Crippen LogP contribution in [0.2, 0.25) is 0 Å². The van der Waals surface area contributed by atoms with Gasteiger partial charge < -0.3 is 10.2 Å². The number of nitrogens with one attached hydrogen (secondary N) is 1. The topological polar surface area (TPSA) is 41.1 Å². The Labute approximate surface area is 144 Å². The minimum atomic E-state index is 0.561. The lowest BCUT2D eigenvalue weighted by Gasteiger charge is -2.31. The van der Waals surface area contributed by atoms with Gasteiger partial charge in [0, 0.05) is 24.5 Å². The third-order valence-corrected chi connectivity index (χ3v) is 5.60. The number of anilines is 2. The highest BCUT2D eigenvalue weighted by atomic mass is 15.3. The van der Waals surface area contributed by atoms with E-state index in [9.17, 15) is 0 Å². The summed E-state index contributed by atoms with van der Waals surface area (Å²) in [7, 11) is 0. The third kappa shape index (κ3) is 3.33. The van der Waals surface area contributed by atoms with Crippen LogP contribution in [0, 0.1) is 5.92 Å². The predicted octanol–water partition coefficient (Wildman–Crippen LogP) is 4.61. The van der Waals surface area contributed by atoms with Crippen LogP contribution in [0.25, 0.3) is 10.9 Å². The van der Waals surface area contributed by atoms with Crippen molar-refractivity contribution in [2.75, 3.05) is 23.3 Å². The Balaban J connectivity index is 1.65. The summed E-state index contributed by atoms with van der Waals surface area (Å²) in [4.78, 5) is 12.2. The normalized spacial score (nSPS) is 20.5. The van der Waals surface area contributed by atoms with Crippen molar-refractivity contribution >= 4 is 22.7 Å². The lowest BCUT2D eigenvalue weighted by molar-refractivity contribution is 0.434. The largest absolute Gasteiger partial charge is 0.367 e. The van der Waals surface area contributed by atoms with Crippen LogP contribution in [0.3, 0.4) is 0 Å². The SMILES string of the molecule is CC1CCN(c2nc(NC3CCCCC3)c3ccccc3n2)CC1. The van der Waals surface area contributed by atoms with Gasteiger partial charge in [0.15, 0.2) is 0 Å². The number of aromatic nitrogens is 2. The van der Waals surface area contributed by atoms with Crippen LogP contribution >= 0.6 is 0 Å². The number of hydrogen-bond acceptors (Lipinski definition) is 4. The molecule has 2 fully saturated rings. The molecule has 2 aromatic rings. The van der Waals surface area contributed by atoms with Gasteiger partial charge in [-0.15, -0.1) is 0 Å². The van der Waals surface area contributed by atoms with E-state index in [2.05, 4.69) is 41.4 Å². The number of nitrogens with zero attached hydrogens (tertiary/aromatic N) is 3. The highest BCUT2D eigenvalue weighted by Gasteiger charge is 2.21. The van der Waals surface area contributed by atoms with Crippen LogP contribution in [0.5, 0.6) is 0 Å². The highest BCUT2D eigenvalue weighted by molar-refractivity contribution is 5.90. The maximum Gasteiger partial charge on any atom is 0.227 e. The van der Waals surface area contributed by atoms with Gasteiger partial charge in [-0.25, -0.2) is 4.98 Å². The molecule has 2 aliphatic rings. The zero-order valence-electron chi connectivity index (χ0n) is 14.7. The number of para-hydroxylation sites is 1. The van der Waals surface area contributed by atoms with Gasteiger partial charge in [0.25, 0.3) is 0 Å². The summed E-state index contributed by atoms with van der Waals surface area (Å²) in [5.41, 5.74) is 1.06. The Morgan fingerprint density at radius 3 is 2.50 bits per heavy atom.